The lowest BCUT2D eigenvalue weighted by molar-refractivity contribution is 0.265. The first kappa shape index (κ1) is 16.6. The minimum absolute atomic E-state index is 0.0235. The van der Waals surface area contributed by atoms with Gasteiger partial charge in [0.15, 0.2) is 0 Å². The maximum absolute atomic E-state index is 9.74. The number of aliphatic hydroxyl groups is 1. The zero-order chi connectivity index (χ0) is 18.9. The van der Waals surface area contributed by atoms with E-state index >= 15 is 0 Å². The molecule has 5 rings (SSSR count). The molecule has 138 valence electrons. The van der Waals surface area contributed by atoms with Crippen LogP contribution in [0.4, 0.5) is 0 Å². The van der Waals surface area contributed by atoms with Gasteiger partial charge in [0, 0.05) is 30.0 Å². The SMILES string of the molecule is OCCC(c1ccccc1)n1[nH]c(-c2ccncc2)c2cc3ncnc3cc21. The maximum Gasteiger partial charge on any atom is 0.116 e. The van der Waals surface area contributed by atoms with E-state index in [1.807, 2.05) is 30.3 Å². The minimum Gasteiger partial charge on any atom is -0.396 e. The normalized spacial score (nSPS) is 12.6. The van der Waals surface area contributed by atoms with Gasteiger partial charge in [0.2, 0.25) is 0 Å². The summed E-state index contributed by atoms with van der Waals surface area (Å²) in [6.07, 6.45) is 5.77. The number of pyridine rings is 1. The van der Waals surface area contributed by atoms with Gasteiger partial charge in [-0.15, -0.1) is 0 Å². The van der Waals surface area contributed by atoms with Crippen molar-refractivity contribution in [3.8, 4) is 11.3 Å². The van der Waals surface area contributed by atoms with E-state index in [9.17, 15) is 5.11 Å². The molecule has 0 saturated heterocycles. The highest BCUT2D eigenvalue weighted by atomic mass is 16.3. The first-order valence-electron chi connectivity index (χ1n) is 9.26. The summed E-state index contributed by atoms with van der Waals surface area (Å²) >= 11 is 0. The van der Waals surface area contributed by atoms with Gasteiger partial charge in [-0.25, -0.2) is 9.97 Å². The molecule has 2 N–H and O–H groups in total. The van der Waals surface area contributed by atoms with Crippen LogP contribution in [0.25, 0.3) is 33.2 Å². The summed E-state index contributed by atoms with van der Waals surface area (Å²) in [4.78, 5) is 12.9. The lowest BCUT2D eigenvalue weighted by Gasteiger charge is -2.19. The molecule has 0 aliphatic rings. The van der Waals surface area contributed by atoms with Crippen molar-refractivity contribution < 1.29 is 5.11 Å². The maximum atomic E-state index is 9.74. The summed E-state index contributed by atoms with van der Waals surface area (Å²) in [5, 5.41) is 14.4. The number of aliphatic hydroxyl groups excluding tert-OH is 1. The first-order valence-corrected chi connectivity index (χ1v) is 9.26. The smallest absolute Gasteiger partial charge is 0.116 e. The number of benzene rings is 2. The van der Waals surface area contributed by atoms with Crippen molar-refractivity contribution in [1.29, 1.82) is 0 Å². The van der Waals surface area contributed by atoms with E-state index in [0.29, 0.717) is 6.42 Å². The molecule has 5 aromatic rings. The molecule has 0 aliphatic carbocycles. The molecule has 0 radical (unpaired) electrons. The molecule has 3 heterocycles. The average molecular weight is 369 g/mol. The number of aromatic nitrogens is 5. The third-order valence-corrected chi connectivity index (χ3v) is 5.12. The van der Waals surface area contributed by atoms with E-state index in [4.69, 9.17) is 0 Å². The molecule has 0 saturated carbocycles. The molecular formula is C22H19N5O. The molecule has 0 aliphatic heterocycles. The van der Waals surface area contributed by atoms with Gasteiger partial charge in [0.05, 0.1) is 28.3 Å². The molecule has 28 heavy (non-hydrogen) atoms. The van der Waals surface area contributed by atoms with Crippen LogP contribution in [0.15, 0.2) is 73.3 Å². The molecule has 0 bridgehead atoms. The van der Waals surface area contributed by atoms with Crippen LogP contribution in [0.2, 0.25) is 0 Å². The minimum atomic E-state index is -0.0235. The van der Waals surface area contributed by atoms with Crippen LogP contribution in [0, 0.1) is 0 Å². The summed E-state index contributed by atoms with van der Waals surface area (Å²) < 4.78 is 2.13. The van der Waals surface area contributed by atoms with Crippen LogP contribution in [0.5, 0.6) is 0 Å². The molecule has 0 amide bonds. The van der Waals surface area contributed by atoms with Gasteiger partial charge in [-0.1, -0.05) is 30.3 Å². The van der Waals surface area contributed by atoms with Crippen LogP contribution in [0.3, 0.4) is 0 Å². The van der Waals surface area contributed by atoms with E-state index in [1.165, 1.54) is 0 Å². The highest BCUT2D eigenvalue weighted by molar-refractivity contribution is 6.00. The monoisotopic (exact) mass is 369 g/mol. The number of rotatable bonds is 5. The summed E-state index contributed by atoms with van der Waals surface area (Å²) in [5.41, 5.74) is 5.95. The van der Waals surface area contributed by atoms with E-state index in [1.54, 1.807) is 18.7 Å². The Labute approximate surface area is 161 Å². The van der Waals surface area contributed by atoms with Gasteiger partial charge in [0.1, 0.15) is 6.33 Å². The second kappa shape index (κ2) is 6.90. The Morgan fingerprint density at radius 1 is 0.964 bits per heavy atom. The van der Waals surface area contributed by atoms with Crippen molar-refractivity contribution in [2.45, 2.75) is 12.5 Å². The third-order valence-electron chi connectivity index (χ3n) is 5.12. The second-order valence-corrected chi connectivity index (χ2v) is 6.76. The third kappa shape index (κ3) is 2.75. The van der Waals surface area contributed by atoms with Crippen LogP contribution in [-0.2, 0) is 0 Å². The molecule has 0 spiro atoms. The number of fused-ring (bicyclic) bond motifs is 2. The molecule has 1 atom stereocenters. The van der Waals surface area contributed by atoms with Crippen LogP contribution >= 0.6 is 0 Å². The fraction of sp³-hybridized carbons (Fsp3) is 0.136. The standard InChI is InChI=1S/C22H19N5O/c28-11-8-20(15-4-2-1-3-5-15)27-21-13-19-18(24-14-25-19)12-17(21)22(26-27)16-6-9-23-10-7-16/h1-7,9-10,12-14,20,26,28H,8,11H2. The van der Waals surface area contributed by atoms with Crippen molar-refractivity contribution in [3.05, 3.63) is 78.9 Å². The van der Waals surface area contributed by atoms with Gasteiger partial charge in [-0.2, -0.15) is 0 Å². The number of hydrogen-bond donors (Lipinski definition) is 2. The van der Waals surface area contributed by atoms with Crippen LogP contribution in [-0.4, -0.2) is 36.4 Å². The van der Waals surface area contributed by atoms with Gasteiger partial charge in [0.25, 0.3) is 0 Å². The van der Waals surface area contributed by atoms with Crippen molar-refractivity contribution in [3.63, 3.8) is 0 Å². The molecule has 1 unspecified atom stereocenters. The molecule has 0 fully saturated rings. The van der Waals surface area contributed by atoms with Crippen molar-refractivity contribution in [2.75, 3.05) is 6.61 Å². The van der Waals surface area contributed by atoms with Crippen LogP contribution in [0.1, 0.15) is 18.0 Å². The van der Waals surface area contributed by atoms with Gasteiger partial charge in [-0.05, 0) is 36.2 Å². The Hall–Kier alpha value is -3.51. The predicted octanol–water partition coefficient (Wildman–Crippen LogP) is 3.95. The van der Waals surface area contributed by atoms with E-state index in [2.05, 4.69) is 49.0 Å². The average Bonchev–Trinajstić information content (AvgIpc) is 3.36. The Bertz CT molecular complexity index is 1230. The van der Waals surface area contributed by atoms with E-state index in [-0.39, 0.29) is 12.6 Å². The zero-order valence-corrected chi connectivity index (χ0v) is 15.2. The highest BCUT2D eigenvalue weighted by Crippen LogP contribution is 2.34. The van der Waals surface area contributed by atoms with Crippen LogP contribution < -0.4 is 0 Å². The van der Waals surface area contributed by atoms with Crippen molar-refractivity contribution in [1.82, 2.24) is 24.7 Å². The van der Waals surface area contributed by atoms with Gasteiger partial charge in [-0.3, -0.25) is 14.8 Å². The Kier molecular flexibility index (Phi) is 4.10. The number of nitrogens with one attached hydrogen (secondary N) is 1. The molecule has 6 heteroatoms. The van der Waals surface area contributed by atoms with E-state index in [0.717, 1.165) is 38.8 Å². The molecule has 2 aromatic carbocycles. The Morgan fingerprint density at radius 2 is 1.71 bits per heavy atom. The number of imidazole rings is 1. The largest absolute Gasteiger partial charge is 0.396 e. The lowest BCUT2D eigenvalue weighted by Crippen LogP contribution is -2.14. The van der Waals surface area contributed by atoms with Gasteiger partial charge >= 0.3 is 0 Å². The van der Waals surface area contributed by atoms with Crippen molar-refractivity contribution >= 4 is 21.9 Å². The van der Waals surface area contributed by atoms with Crippen molar-refractivity contribution in [2.24, 2.45) is 0 Å². The molecule has 6 nitrogen and oxygen atoms in total. The number of nitrogens with zero attached hydrogens (tertiary/aromatic N) is 4. The van der Waals surface area contributed by atoms with E-state index < -0.39 is 0 Å². The lowest BCUT2D eigenvalue weighted by atomic mass is 10.0. The predicted molar refractivity (Wildman–Crippen MR) is 109 cm³/mol. The molecular weight excluding hydrogens is 350 g/mol. The fourth-order valence-electron chi connectivity index (χ4n) is 3.79. The topological polar surface area (TPSA) is 79.6 Å². The fourth-order valence-corrected chi connectivity index (χ4v) is 3.79. The number of H-pyrrole nitrogens is 1. The Balaban J connectivity index is 1.80. The number of aromatic amines is 1. The zero-order valence-electron chi connectivity index (χ0n) is 15.2. The number of hydrogen-bond acceptors (Lipinski definition) is 4. The summed E-state index contributed by atoms with van der Waals surface area (Å²) in [5.74, 6) is 0. The Morgan fingerprint density at radius 3 is 2.46 bits per heavy atom. The quantitative estimate of drug-likeness (QED) is 0.492. The second-order valence-electron chi connectivity index (χ2n) is 6.76. The summed E-state index contributed by atoms with van der Waals surface area (Å²) in [6.45, 7) is 0.0933. The summed E-state index contributed by atoms with van der Waals surface area (Å²) in [7, 11) is 0. The van der Waals surface area contributed by atoms with Gasteiger partial charge < -0.3 is 5.11 Å². The molecule has 3 aromatic heterocycles. The first-order chi connectivity index (χ1) is 13.8. The summed E-state index contributed by atoms with van der Waals surface area (Å²) in [6, 6.07) is 18.3. The highest BCUT2D eigenvalue weighted by Gasteiger charge is 2.20.